The van der Waals surface area contributed by atoms with E-state index in [0.29, 0.717) is 11.1 Å². The predicted molar refractivity (Wildman–Crippen MR) is 124 cm³/mol. The summed E-state index contributed by atoms with van der Waals surface area (Å²) in [5, 5.41) is 6.62. The lowest BCUT2D eigenvalue weighted by Crippen LogP contribution is -2.15. The maximum Gasteiger partial charge on any atom is 0.187 e. The molecule has 0 saturated heterocycles. The van der Waals surface area contributed by atoms with Crippen molar-refractivity contribution >= 4 is 11.6 Å². The Morgan fingerprint density at radius 2 is 1.00 bits per heavy atom. The van der Waals surface area contributed by atoms with Gasteiger partial charge in [-0.3, -0.25) is 9.59 Å². The third-order valence-electron chi connectivity index (χ3n) is 4.72. The highest BCUT2D eigenvalue weighted by atomic mass is 16.1. The first-order chi connectivity index (χ1) is 14.6. The molecule has 0 amide bonds. The van der Waals surface area contributed by atoms with Crippen molar-refractivity contribution in [2.75, 3.05) is 13.1 Å². The molecule has 0 fully saturated rings. The molecule has 0 aliphatic heterocycles. The van der Waals surface area contributed by atoms with Crippen molar-refractivity contribution in [1.82, 2.24) is 10.6 Å². The van der Waals surface area contributed by atoms with E-state index in [1.165, 1.54) is 0 Å². The molecular weight excluding hydrogens is 372 g/mol. The Morgan fingerprint density at radius 3 is 1.37 bits per heavy atom. The first kappa shape index (κ1) is 23.1. The van der Waals surface area contributed by atoms with Gasteiger partial charge in [-0.1, -0.05) is 73.5 Å². The van der Waals surface area contributed by atoms with Gasteiger partial charge in [0.1, 0.15) is 0 Å². The molecule has 0 heterocycles. The number of allylic oxidation sites excluding steroid dienone is 4. The van der Waals surface area contributed by atoms with Crippen LogP contribution in [0.4, 0.5) is 0 Å². The van der Waals surface area contributed by atoms with Crippen molar-refractivity contribution in [1.29, 1.82) is 0 Å². The van der Waals surface area contributed by atoms with Crippen LogP contribution in [0.1, 0.15) is 60.2 Å². The van der Waals surface area contributed by atoms with Crippen LogP contribution in [0.25, 0.3) is 0 Å². The number of unbranched alkanes of at least 4 members (excludes halogenated alkanes) is 3. The topological polar surface area (TPSA) is 58.2 Å². The zero-order valence-corrected chi connectivity index (χ0v) is 18.0. The van der Waals surface area contributed by atoms with Crippen LogP contribution in [0.15, 0.2) is 84.2 Å². The van der Waals surface area contributed by atoms with Gasteiger partial charge in [0.25, 0.3) is 0 Å². The number of nitrogens with one attached hydrogen (secondary N) is 2. The van der Waals surface area contributed by atoms with E-state index in [2.05, 4.69) is 10.6 Å². The van der Waals surface area contributed by atoms with Crippen molar-refractivity contribution in [2.24, 2.45) is 0 Å². The van der Waals surface area contributed by atoms with Gasteiger partial charge in [0.2, 0.25) is 0 Å². The van der Waals surface area contributed by atoms with Crippen LogP contribution in [0.2, 0.25) is 0 Å². The van der Waals surface area contributed by atoms with E-state index < -0.39 is 0 Å². The van der Waals surface area contributed by atoms with Gasteiger partial charge in [-0.25, -0.2) is 0 Å². The van der Waals surface area contributed by atoms with E-state index in [1.807, 2.05) is 74.5 Å². The molecule has 4 heteroatoms. The summed E-state index contributed by atoms with van der Waals surface area (Å²) in [6.07, 6.45) is 7.69. The highest BCUT2D eigenvalue weighted by molar-refractivity contribution is 6.05. The zero-order valence-electron chi connectivity index (χ0n) is 18.0. The summed E-state index contributed by atoms with van der Waals surface area (Å²) in [6.45, 7) is 5.58. The minimum absolute atomic E-state index is 0.0286. The molecule has 0 saturated carbocycles. The number of carbonyl (C=O) groups excluding carboxylic acids is 2. The number of hydrogen-bond donors (Lipinski definition) is 2. The first-order valence-electron chi connectivity index (χ1n) is 10.6. The van der Waals surface area contributed by atoms with Gasteiger partial charge in [0.15, 0.2) is 11.6 Å². The van der Waals surface area contributed by atoms with Gasteiger partial charge >= 0.3 is 0 Å². The van der Waals surface area contributed by atoms with E-state index in [0.717, 1.165) is 50.2 Å². The molecule has 4 nitrogen and oxygen atoms in total. The third-order valence-corrected chi connectivity index (χ3v) is 4.72. The fourth-order valence-corrected chi connectivity index (χ4v) is 3.04. The van der Waals surface area contributed by atoms with Crippen molar-refractivity contribution in [3.8, 4) is 0 Å². The molecule has 0 aliphatic rings. The number of rotatable bonds is 13. The van der Waals surface area contributed by atoms with Crippen LogP contribution < -0.4 is 10.6 Å². The number of ketones is 2. The molecule has 0 aromatic heterocycles. The third kappa shape index (κ3) is 8.91. The van der Waals surface area contributed by atoms with E-state index in [-0.39, 0.29) is 11.6 Å². The van der Waals surface area contributed by atoms with Crippen molar-refractivity contribution < 1.29 is 9.59 Å². The normalized spacial score (nSPS) is 11.8. The van der Waals surface area contributed by atoms with Crippen LogP contribution in [0, 0.1) is 0 Å². The highest BCUT2D eigenvalue weighted by Gasteiger charge is 2.02. The summed E-state index contributed by atoms with van der Waals surface area (Å²) in [4.78, 5) is 24.2. The first-order valence-corrected chi connectivity index (χ1v) is 10.6. The Hall–Kier alpha value is -3.14. The molecule has 2 aromatic rings. The second kappa shape index (κ2) is 13.2. The zero-order chi connectivity index (χ0) is 21.6. The summed E-state index contributed by atoms with van der Waals surface area (Å²) in [5.74, 6) is 0.0571. The summed E-state index contributed by atoms with van der Waals surface area (Å²) < 4.78 is 0. The standard InChI is InChI=1S/C26H32N2O2/c1-21(19-25(29)23-13-7-5-8-14-23)27-17-11-3-4-12-18-28-22(2)20-26(30)24-15-9-6-10-16-24/h5-10,13-16,19-20,27-28H,3-4,11-12,17-18H2,1-2H3/b21-19+,22-20+. The minimum atomic E-state index is 0.0286. The molecule has 0 unspecified atom stereocenters. The summed E-state index contributed by atoms with van der Waals surface area (Å²) in [7, 11) is 0. The molecule has 2 aromatic carbocycles. The van der Waals surface area contributed by atoms with Gasteiger partial charge < -0.3 is 10.6 Å². The fourth-order valence-electron chi connectivity index (χ4n) is 3.04. The van der Waals surface area contributed by atoms with Crippen LogP contribution in [-0.4, -0.2) is 24.7 Å². The molecule has 30 heavy (non-hydrogen) atoms. The summed E-state index contributed by atoms with van der Waals surface area (Å²) >= 11 is 0. The number of carbonyl (C=O) groups is 2. The Kier molecular flexibility index (Phi) is 10.1. The number of benzene rings is 2. The molecule has 158 valence electrons. The molecule has 2 rings (SSSR count). The van der Waals surface area contributed by atoms with E-state index in [9.17, 15) is 9.59 Å². The second-order valence-electron chi connectivity index (χ2n) is 7.38. The SMILES string of the molecule is C/C(=C\C(=O)c1ccccc1)NCCCCCCN/C(C)=C/C(=O)c1ccccc1. The average Bonchev–Trinajstić information content (AvgIpc) is 2.76. The van der Waals surface area contributed by atoms with Gasteiger partial charge in [-0.15, -0.1) is 0 Å². The summed E-state index contributed by atoms with van der Waals surface area (Å²) in [5.41, 5.74) is 3.21. The molecule has 2 N–H and O–H groups in total. The highest BCUT2D eigenvalue weighted by Crippen LogP contribution is 2.05. The Morgan fingerprint density at radius 1 is 0.633 bits per heavy atom. The second-order valence-corrected chi connectivity index (χ2v) is 7.38. The molecule has 0 radical (unpaired) electrons. The Balaban J connectivity index is 1.54. The maximum absolute atomic E-state index is 12.1. The molecule has 0 atom stereocenters. The monoisotopic (exact) mass is 404 g/mol. The molecule has 0 spiro atoms. The lowest BCUT2D eigenvalue weighted by Gasteiger charge is -2.08. The van der Waals surface area contributed by atoms with E-state index in [4.69, 9.17) is 0 Å². The smallest absolute Gasteiger partial charge is 0.187 e. The van der Waals surface area contributed by atoms with Crippen LogP contribution in [0.5, 0.6) is 0 Å². The van der Waals surface area contributed by atoms with Gasteiger partial charge in [-0.2, -0.15) is 0 Å². The fraction of sp³-hybridized carbons (Fsp3) is 0.308. The van der Waals surface area contributed by atoms with Gasteiger partial charge in [0.05, 0.1) is 0 Å². The van der Waals surface area contributed by atoms with Crippen LogP contribution >= 0.6 is 0 Å². The predicted octanol–water partition coefficient (Wildman–Crippen LogP) is 5.30. The van der Waals surface area contributed by atoms with Crippen LogP contribution in [-0.2, 0) is 0 Å². The van der Waals surface area contributed by atoms with Crippen molar-refractivity contribution in [3.05, 3.63) is 95.3 Å². The summed E-state index contributed by atoms with van der Waals surface area (Å²) in [6, 6.07) is 18.6. The maximum atomic E-state index is 12.1. The lowest BCUT2D eigenvalue weighted by atomic mass is 10.1. The largest absolute Gasteiger partial charge is 0.388 e. The molecule has 0 aliphatic carbocycles. The van der Waals surface area contributed by atoms with Crippen LogP contribution in [0.3, 0.4) is 0 Å². The van der Waals surface area contributed by atoms with Gasteiger partial charge in [-0.05, 0) is 26.7 Å². The minimum Gasteiger partial charge on any atom is -0.388 e. The van der Waals surface area contributed by atoms with Gasteiger partial charge in [0, 0.05) is 47.8 Å². The molecular formula is C26H32N2O2. The number of hydrogen-bond acceptors (Lipinski definition) is 4. The average molecular weight is 405 g/mol. The van der Waals surface area contributed by atoms with Crippen molar-refractivity contribution in [3.63, 3.8) is 0 Å². The van der Waals surface area contributed by atoms with E-state index >= 15 is 0 Å². The van der Waals surface area contributed by atoms with Crippen molar-refractivity contribution in [2.45, 2.75) is 39.5 Å². The Labute approximate surface area is 180 Å². The van der Waals surface area contributed by atoms with E-state index in [1.54, 1.807) is 12.2 Å². The molecule has 0 bridgehead atoms. The lowest BCUT2D eigenvalue weighted by molar-refractivity contribution is 0.103. The quantitative estimate of drug-likeness (QED) is 0.270. The Bertz CT molecular complexity index is 782.